The van der Waals surface area contributed by atoms with Crippen molar-refractivity contribution in [2.45, 2.75) is 20.5 Å². The molecule has 2 saturated heterocycles. The van der Waals surface area contributed by atoms with Crippen molar-refractivity contribution in [3.05, 3.63) is 57.6 Å². The number of hydrogen-bond acceptors (Lipinski definition) is 11. The summed E-state index contributed by atoms with van der Waals surface area (Å²) >= 11 is 12.5. The molecule has 2 aliphatic heterocycles. The number of anilines is 4. The first-order valence-electron chi connectivity index (χ1n) is 14.2. The van der Waals surface area contributed by atoms with E-state index in [2.05, 4.69) is 55.1 Å². The van der Waals surface area contributed by atoms with E-state index in [0.29, 0.717) is 86.2 Å². The van der Waals surface area contributed by atoms with E-state index < -0.39 is 0 Å². The fraction of sp³-hybridized carbons (Fsp3) is 0.448. The molecule has 13 heteroatoms. The van der Waals surface area contributed by atoms with E-state index in [1.165, 1.54) is 0 Å². The summed E-state index contributed by atoms with van der Waals surface area (Å²) in [5.41, 5.74) is 5.71. The zero-order valence-electron chi connectivity index (χ0n) is 23.9. The Hall–Kier alpha value is -3.38. The van der Waals surface area contributed by atoms with Crippen LogP contribution in [0.25, 0.3) is 0 Å². The van der Waals surface area contributed by atoms with E-state index in [1.54, 1.807) is 18.3 Å². The van der Waals surface area contributed by atoms with E-state index >= 15 is 0 Å². The van der Waals surface area contributed by atoms with Gasteiger partial charge >= 0.3 is 0 Å². The third kappa shape index (κ3) is 7.71. The summed E-state index contributed by atoms with van der Waals surface area (Å²) in [6, 6.07) is 11.5. The van der Waals surface area contributed by atoms with Gasteiger partial charge in [-0.05, 0) is 38.1 Å². The summed E-state index contributed by atoms with van der Waals surface area (Å²) in [6.45, 7) is 11.7. The fourth-order valence-corrected chi connectivity index (χ4v) is 5.17. The van der Waals surface area contributed by atoms with Gasteiger partial charge in [-0.25, -0.2) is 5.43 Å². The van der Waals surface area contributed by atoms with Gasteiger partial charge in [0.25, 0.3) is 0 Å². The Morgan fingerprint density at radius 1 is 0.905 bits per heavy atom. The number of halogens is 2. The number of ether oxygens (including phenoxy) is 3. The molecule has 3 aromatic rings. The summed E-state index contributed by atoms with van der Waals surface area (Å²) < 4.78 is 17.3. The third-order valence-corrected chi connectivity index (χ3v) is 7.68. The molecule has 2 aliphatic rings. The molecular formula is C29H36Cl2N8O3. The van der Waals surface area contributed by atoms with Crippen LogP contribution >= 0.6 is 23.2 Å². The summed E-state index contributed by atoms with van der Waals surface area (Å²) in [4.78, 5) is 20.5. The van der Waals surface area contributed by atoms with Gasteiger partial charge in [0.05, 0.1) is 32.6 Å². The molecule has 0 radical (unpaired) electrons. The Morgan fingerprint density at radius 2 is 1.55 bits per heavy atom. The summed E-state index contributed by atoms with van der Waals surface area (Å²) in [5.74, 6) is 2.23. The zero-order chi connectivity index (χ0) is 29.3. The normalized spacial score (nSPS) is 15.7. The number of hydrazone groups is 1. The van der Waals surface area contributed by atoms with Gasteiger partial charge in [-0.15, -0.1) is 0 Å². The highest BCUT2D eigenvalue weighted by Crippen LogP contribution is 2.28. The van der Waals surface area contributed by atoms with E-state index in [-0.39, 0.29) is 6.61 Å². The molecule has 1 aromatic heterocycles. The standard InChI is InChI=1S/C29H36Cl2N8O3/c1-3-37(4-2)24-8-6-21(26(18-24)42-20-22-5-7-23(30)17-25(22)31)19-32-36-27-33-28(38-9-13-40-14-10-38)35-29(34-27)39-11-15-41-16-12-39/h5-8,17-19H,3-4,9-16,20H2,1-2H3,(H,33,34,35,36)/b32-19+. The lowest BCUT2D eigenvalue weighted by molar-refractivity contribution is 0.121. The van der Waals surface area contributed by atoms with Crippen molar-refractivity contribution >= 4 is 52.9 Å². The molecule has 0 spiro atoms. The first-order chi connectivity index (χ1) is 20.5. The Labute approximate surface area is 256 Å². The number of morpholine rings is 2. The second-order valence-corrected chi connectivity index (χ2v) is 10.6. The quantitative estimate of drug-likeness (QED) is 0.241. The van der Waals surface area contributed by atoms with Gasteiger partial charge in [-0.2, -0.15) is 20.1 Å². The molecule has 0 aliphatic carbocycles. The Balaban J connectivity index is 1.38. The smallest absolute Gasteiger partial charge is 0.250 e. The lowest BCUT2D eigenvalue weighted by Gasteiger charge is -2.30. The largest absolute Gasteiger partial charge is 0.488 e. The van der Waals surface area contributed by atoms with Gasteiger partial charge in [0.1, 0.15) is 12.4 Å². The van der Waals surface area contributed by atoms with E-state index in [4.69, 9.17) is 42.4 Å². The average Bonchev–Trinajstić information content (AvgIpc) is 3.03. The molecule has 3 heterocycles. The van der Waals surface area contributed by atoms with Crippen molar-refractivity contribution in [3.63, 3.8) is 0 Å². The molecule has 0 bridgehead atoms. The molecule has 2 aromatic carbocycles. The zero-order valence-corrected chi connectivity index (χ0v) is 25.4. The highest BCUT2D eigenvalue weighted by atomic mass is 35.5. The monoisotopic (exact) mass is 614 g/mol. The minimum absolute atomic E-state index is 0.283. The molecule has 1 N–H and O–H groups in total. The number of rotatable bonds is 11. The van der Waals surface area contributed by atoms with Crippen molar-refractivity contribution < 1.29 is 14.2 Å². The van der Waals surface area contributed by atoms with Gasteiger partial charge in [-0.3, -0.25) is 0 Å². The molecule has 42 heavy (non-hydrogen) atoms. The van der Waals surface area contributed by atoms with E-state index in [9.17, 15) is 0 Å². The minimum atomic E-state index is 0.283. The van der Waals surface area contributed by atoms with Gasteiger partial charge in [0, 0.05) is 72.2 Å². The van der Waals surface area contributed by atoms with Crippen LogP contribution in [0.2, 0.25) is 10.0 Å². The number of benzene rings is 2. The van der Waals surface area contributed by atoms with Gasteiger partial charge in [-0.1, -0.05) is 29.3 Å². The van der Waals surface area contributed by atoms with E-state index in [0.717, 1.165) is 29.9 Å². The molecular weight excluding hydrogens is 579 g/mol. The number of aromatic nitrogens is 3. The second kappa shape index (κ2) is 14.7. The Morgan fingerprint density at radius 3 is 2.14 bits per heavy atom. The van der Waals surface area contributed by atoms with Crippen LogP contribution in [0.15, 0.2) is 41.5 Å². The lowest BCUT2D eigenvalue weighted by atomic mass is 10.1. The Bertz CT molecular complexity index is 1330. The molecule has 11 nitrogen and oxygen atoms in total. The summed E-state index contributed by atoms with van der Waals surface area (Å²) in [6.07, 6.45) is 1.71. The third-order valence-electron chi connectivity index (χ3n) is 7.09. The van der Waals surface area contributed by atoms with Crippen molar-refractivity contribution in [1.29, 1.82) is 0 Å². The average molecular weight is 616 g/mol. The molecule has 0 atom stereocenters. The van der Waals surface area contributed by atoms with Gasteiger partial charge in [0.2, 0.25) is 17.8 Å². The maximum Gasteiger partial charge on any atom is 0.250 e. The highest BCUT2D eigenvalue weighted by Gasteiger charge is 2.20. The van der Waals surface area contributed by atoms with Crippen LogP contribution in [0.3, 0.4) is 0 Å². The van der Waals surface area contributed by atoms with Crippen molar-refractivity contribution in [2.75, 3.05) is 85.8 Å². The molecule has 0 amide bonds. The molecule has 0 saturated carbocycles. The molecule has 2 fully saturated rings. The predicted molar refractivity (Wildman–Crippen MR) is 168 cm³/mol. The van der Waals surface area contributed by atoms with Crippen LogP contribution < -0.4 is 24.9 Å². The summed E-state index contributed by atoms with van der Waals surface area (Å²) in [7, 11) is 0. The molecule has 5 rings (SSSR count). The van der Waals surface area contributed by atoms with Crippen molar-refractivity contribution in [2.24, 2.45) is 5.10 Å². The van der Waals surface area contributed by atoms with Crippen molar-refractivity contribution in [1.82, 2.24) is 15.0 Å². The maximum atomic E-state index is 6.40. The highest BCUT2D eigenvalue weighted by molar-refractivity contribution is 6.35. The van der Waals surface area contributed by atoms with Crippen LogP contribution in [-0.4, -0.2) is 86.9 Å². The number of nitrogens with zero attached hydrogens (tertiary/aromatic N) is 7. The molecule has 0 unspecified atom stereocenters. The van der Waals surface area contributed by atoms with Crippen LogP contribution in [0, 0.1) is 0 Å². The summed E-state index contributed by atoms with van der Waals surface area (Å²) in [5, 5.41) is 5.63. The topological polar surface area (TPSA) is 100 Å². The maximum absolute atomic E-state index is 6.40. The van der Waals surface area contributed by atoms with E-state index in [1.807, 2.05) is 18.2 Å². The SMILES string of the molecule is CCN(CC)c1ccc(/C=N/Nc2nc(N3CCOCC3)nc(N3CCOCC3)n2)c(OCc2ccc(Cl)cc2Cl)c1. The first-order valence-corrected chi connectivity index (χ1v) is 15.0. The molecule has 224 valence electrons. The first kappa shape index (κ1) is 30.1. The van der Waals surface area contributed by atoms with Gasteiger partial charge < -0.3 is 28.9 Å². The number of hydrogen-bond donors (Lipinski definition) is 1. The second-order valence-electron chi connectivity index (χ2n) is 9.75. The van der Waals surface area contributed by atoms with Gasteiger partial charge in [0.15, 0.2) is 0 Å². The lowest BCUT2D eigenvalue weighted by Crippen LogP contribution is -2.40. The fourth-order valence-electron chi connectivity index (χ4n) is 4.71. The van der Waals surface area contributed by atoms with Crippen LogP contribution in [0.5, 0.6) is 5.75 Å². The number of nitrogens with one attached hydrogen (secondary N) is 1. The van der Waals surface area contributed by atoms with Crippen LogP contribution in [0.1, 0.15) is 25.0 Å². The minimum Gasteiger partial charge on any atom is -0.488 e. The Kier molecular flexibility index (Phi) is 10.5. The predicted octanol–water partition coefficient (Wildman–Crippen LogP) is 4.72. The van der Waals surface area contributed by atoms with Crippen LogP contribution in [0.4, 0.5) is 23.5 Å². The van der Waals surface area contributed by atoms with Crippen molar-refractivity contribution in [3.8, 4) is 5.75 Å². The van der Waals surface area contributed by atoms with Crippen LogP contribution in [-0.2, 0) is 16.1 Å².